The fraction of sp³-hybridized carbons (Fsp3) is 0.338. The molecule has 0 N–H and O–H groups in total. The van der Waals surface area contributed by atoms with E-state index in [2.05, 4.69) is 66.7 Å². The highest BCUT2D eigenvalue weighted by Gasteiger charge is 2.29. The number of halogens is 1. The Bertz CT molecular complexity index is 4630. The van der Waals surface area contributed by atoms with Gasteiger partial charge in [0, 0.05) is 153 Å². The number of para-hydroxylation sites is 1. The molecule has 15 rings (SSSR count). The second-order valence-electron chi connectivity index (χ2n) is 24.9. The molecule has 10 heterocycles. The summed E-state index contributed by atoms with van der Waals surface area (Å²) in [6.45, 7) is 11.3. The van der Waals surface area contributed by atoms with Crippen LogP contribution in [0.1, 0.15) is 74.5 Å². The maximum atomic E-state index is 14.1. The Labute approximate surface area is 534 Å². The molecule has 91 heavy (non-hydrogen) atoms. The lowest BCUT2D eigenvalue weighted by molar-refractivity contribution is 0.370. The van der Waals surface area contributed by atoms with E-state index in [0.29, 0.717) is 21.4 Å². The van der Waals surface area contributed by atoms with Gasteiger partial charge >= 0.3 is 0 Å². The molecule has 16 nitrogen and oxygen atoms in total. The van der Waals surface area contributed by atoms with Crippen LogP contribution in [-0.2, 0) is 30.1 Å². The van der Waals surface area contributed by atoms with Crippen molar-refractivity contribution in [1.29, 1.82) is 0 Å². The van der Waals surface area contributed by atoms with E-state index in [-0.39, 0.29) is 15.6 Å². The third kappa shape index (κ3) is 12.7. The van der Waals surface area contributed by atoms with E-state index in [9.17, 15) is 29.6 Å². The predicted octanol–water partition coefficient (Wildman–Crippen LogP) is 12.1. The Morgan fingerprint density at radius 2 is 0.813 bits per heavy atom. The summed E-state index contributed by atoms with van der Waals surface area (Å²) in [5.41, 5.74) is 11.0. The van der Waals surface area contributed by atoms with E-state index in [4.69, 9.17) is 0 Å². The molecule has 0 spiro atoms. The van der Waals surface area contributed by atoms with Gasteiger partial charge in [0.1, 0.15) is 5.82 Å². The minimum absolute atomic E-state index is 0.252. The van der Waals surface area contributed by atoms with Crippen molar-refractivity contribution in [3.8, 4) is 0 Å². The second-order valence-corrected chi connectivity index (χ2v) is 30.3. The van der Waals surface area contributed by atoms with Gasteiger partial charge in [0.05, 0.1) is 25.7 Å². The first-order valence-corrected chi connectivity index (χ1v) is 36.2. The fourth-order valence-corrected chi connectivity index (χ4v) is 17.7. The standard InChI is InChI=1S/C24H26FN3O2S.C24H27N3O2S.C23H26N4O2S/c1-26-13-9-18(10-14-26)23-17-28(24-8-7-19(25)15-22(23)24)31(29,30)21-6-4-5-20(16-21)27-11-2-3-12-27;1-25-15-11-19(12-16-25)23-18-27(24-10-3-2-9-22(23)24)30(28,29)21-8-6-7-20(17-21)26-13-4-5-14-26;1-25-15-10-18(11-16-25)22-17-27(23-21(22)5-4-12-24-23)30(28,29)20-8-6-19(7-9-20)26-13-2-3-14-26/h4-9,15-17H,2-3,10-14H2,1H3;2-3,6-11,17-18H,4-5,12-16H2,1H3;4-10,12,17H,2-3,11,13-16H2,1H3. The van der Waals surface area contributed by atoms with E-state index >= 15 is 0 Å². The summed E-state index contributed by atoms with van der Waals surface area (Å²) < 4.78 is 100.0. The molecule has 20 heteroatoms. The van der Waals surface area contributed by atoms with E-state index in [1.54, 1.807) is 61.1 Å². The number of likely N-dealkylation sites (N-methyl/N-ethyl adjacent to an activating group) is 3. The number of fused-ring (bicyclic) bond motifs is 3. The molecule has 0 saturated carbocycles. The zero-order chi connectivity index (χ0) is 63.0. The van der Waals surface area contributed by atoms with Crippen molar-refractivity contribution < 1.29 is 29.6 Å². The molecule has 0 aliphatic carbocycles. The van der Waals surface area contributed by atoms with Crippen molar-refractivity contribution in [3.63, 3.8) is 0 Å². The first kappa shape index (κ1) is 62.0. The second kappa shape index (κ2) is 26.0. The molecule has 6 aliphatic heterocycles. The number of anilines is 3. The lowest BCUT2D eigenvalue weighted by atomic mass is 9.99. The minimum atomic E-state index is -3.83. The summed E-state index contributed by atoms with van der Waals surface area (Å²) in [6, 6.07) is 37.8. The maximum absolute atomic E-state index is 14.1. The van der Waals surface area contributed by atoms with Crippen LogP contribution in [0.25, 0.3) is 49.6 Å². The number of benzene rings is 5. The van der Waals surface area contributed by atoms with Crippen LogP contribution in [0.3, 0.4) is 0 Å². The third-order valence-electron chi connectivity index (χ3n) is 18.8. The van der Waals surface area contributed by atoms with Gasteiger partial charge in [-0.05, 0) is 193 Å². The van der Waals surface area contributed by atoms with Crippen molar-refractivity contribution in [2.24, 2.45) is 0 Å². The maximum Gasteiger partial charge on any atom is 0.269 e. The Balaban J connectivity index is 0.000000125. The van der Waals surface area contributed by atoms with Crippen molar-refractivity contribution in [3.05, 3.63) is 193 Å². The molecule has 9 aromatic rings. The lowest BCUT2D eigenvalue weighted by Crippen LogP contribution is -2.23. The molecule has 0 radical (unpaired) electrons. The highest BCUT2D eigenvalue weighted by atomic mass is 32.2. The number of nitrogens with zero attached hydrogens (tertiary/aromatic N) is 10. The van der Waals surface area contributed by atoms with E-state index in [1.807, 2.05) is 86.0 Å². The Kier molecular flexibility index (Phi) is 17.7. The SMILES string of the molecule is CN1CC=C(c2cn(S(=O)(=O)c3ccc(N4CCCC4)cc3)c3ncccc23)CC1.CN1CC=C(c2cn(S(=O)(=O)c3cccc(N4CCCC4)c3)c3ccc(F)cc23)CC1.CN1CC=C(c2cn(S(=O)(=O)c3cccc(N4CCCC4)c3)c3ccccc23)CC1. The van der Waals surface area contributed by atoms with Gasteiger partial charge in [-0.15, -0.1) is 0 Å². The molecule has 0 atom stereocenters. The van der Waals surface area contributed by atoms with Crippen LogP contribution in [0, 0.1) is 5.82 Å². The van der Waals surface area contributed by atoms with Gasteiger partial charge in [-0.25, -0.2) is 46.5 Å². The Morgan fingerprint density at radius 3 is 1.31 bits per heavy atom. The van der Waals surface area contributed by atoms with E-state index < -0.39 is 30.1 Å². The predicted molar refractivity (Wildman–Crippen MR) is 365 cm³/mol. The van der Waals surface area contributed by atoms with Gasteiger partial charge in [-0.1, -0.05) is 48.6 Å². The third-order valence-corrected chi connectivity index (χ3v) is 23.8. The molecule has 0 bridgehead atoms. The summed E-state index contributed by atoms with van der Waals surface area (Å²) in [5, 5.41) is 2.51. The summed E-state index contributed by atoms with van der Waals surface area (Å²) in [6.07, 6.45) is 23.0. The molecular formula is C71H79FN10O6S3. The largest absolute Gasteiger partial charge is 0.372 e. The van der Waals surface area contributed by atoms with Gasteiger partial charge in [0.15, 0.2) is 5.65 Å². The van der Waals surface area contributed by atoms with E-state index in [0.717, 1.165) is 179 Å². The zero-order valence-corrected chi connectivity index (χ0v) is 54.5. The van der Waals surface area contributed by atoms with Crippen molar-refractivity contribution in [1.82, 2.24) is 31.6 Å². The molecule has 474 valence electrons. The molecule has 0 amide bonds. The zero-order valence-electron chi connectivity index (χ0n) is 52.0. The van der Waals surface area contributed by atoms with Crippen LogP contribution in [0.15, 0.2) is 185 Å². The number of rotatable bonds is 12. The van der Waals surface area contributed by atoms with Crippen LogP contribution in [0.5, 0.6) is 0 Å². The monoisotopic (exact) mass is 1280 g/mol. The summed E-state index contributed by atoms with van der Waals surface area (Å²) in [7, 11) is -5.01. The molecule has 3 fully saturated rings. The van der Waals surface area contributed by atoms with Gasteiger partial charge in [0.25, 0.3) is 30.1 Å². The van der Waals surface area contributed by atoms with Crippen LogP contribution < -0.4 is 14.7 Å². The molecular weight excluding hydrogens is 1200 g/mol. The highest BCUT2D eigenvalue weighted by Crippen LogP contribution is 2.38. The Hall–Kier alpha value is -7.85. The van der Waals surface area contributed by atoms with Gasteiger partial charge in [-0.2, -0.15) is 0 Å². The van der Waals surface area contributed by atoms with Crippen LogP contribution in [0.4, 0.5) is 21.5 Å². The average molecular weight is 1280 g/mol. The number of aromatic nitrogens is 4. The molecule has 4 aromatic heterocycles. The minimum Gasteiger partial charge on any atom is -0.372 e. The summed E-state index contributed by atoms with van der Waals surface area (Å²) in [4.78, 5) is 18.8. The van der Waals surface area contributed by atoms with E-state index in [1.165, 1.54) is 48.0 Å². The van der Waals surface area contributed by atoms with Crippen molar-refractivity contribution in [2.45, 2.75) is 72.5 Å². The van der Waals surface area contributed by atoms with Crippen LogP contribution in [0.2, 0.25) is 0 Å². The first-order valence-electron chi connectivity index (χ1n) is 31.8. The highest BCUT2D eigenvalue weighted by molar-refractivity contribution is 7.90. The van der Waals surface area contributed by atoms with Crippen molar-refractivity contribution in [2.75, 3.05) is 114 Å². The quantitative estimate of drug-likeness (QED) is 0.114. The average Bonchev–Trinajstić information content (AvgIpc) is 1.68. The molecule has 3 saturated heterocycles. The topological polar surface area (TPSA) is 150 Å². The van der Waals surface area contributed by atoms with Gasteiger partial charge in [-0.3, -0.25) is 0 Å². The van der Waals surface area contributed by atoms with Gasteiger partial charge < -0.3 is 29.4 Å². The molecule has 6 aliphatic rings. The smallest absolute Gasteiger partial charge is 0.269 e. The van der Waals surface area contributed by atoms with Gasteiger partial charge in [0.2, 0.25) is 0 Å². The summed E-state index contributed by atoms with van der Waals surface area (Å²) >= 11 is 0. The number of hydrogen-bond acceptors (Lipinski definition) is 13. The van der Waals surface area contributed by atoms with Crippen molar-refractivity contribution >= 4 is 96.7 Å². The fourth-order valence-electron chi connectivity index (χ4n) is 13.5. The lowest BCUT2D eigenvalue weighted by Gasteiger charge is -2.21. The normalized spacial score (nSPS) is 18.1. The number of pyridine rings is 1. The summed E-state index contributed by atoms with van der Waals surface area (Å²) in [5.74, 6) is -0.367. The first-order chi connectivity index (χ1) is 44.0. The van der Waals surface area contributed by atoms with Crippen LogP contribution in [-0.4, -0.2) is 157 Å². The number of hydrogen-bond donors (Lipinski definition) is 0. The molecule has 0 unspecified atom stereocenters. The Morgan fingerprint density at radius 1 is 0.385 bits per heavy atom. The molecule has 5 aromatic carbocycles. The van der Waals surface area contributed by atoms with Crippen LogP contribution >= 0.6 is 0 Å².